The molecule has 0 radical (unpaired) electrons. The van der Waals surface area contributed by atoms with E-state index in [9.17, 15) is 14.0 Å². The van der Waals surface area contributed by atoms with Gasteiger partial charge in [0.25, 0.3) is 0 Å². The minimum atomic E-state index is -0.595. The van der Waals surface area contributed by atoms with E-state index in [1.165, 1.54) is 24.1 Å². The molecular weight excluding hydrogens is 563 g/mol. The lowest BCUT2D eigenvalue weighted by Crippen LogP contribution is -2.46. The van der Waals surface area contributed by atoms with E-state index < -0.39 is 11.8 Å². The molecule has 222 valence electrons. The van der Waals surface area contributed by atoms with E-state index >= 15 is 0 Å². The number of rotatable bonds is 13. The number of fused-ring (bicyclic) bond motifs is 1. The quantitative estimate of drug-likeness (QED) is 0.206. The number of H-pyrrole nitrogens is 1. The van der Waals surface area contributed by atoms with E-state index in [2.05, 4.69) is 10.3 Å². The molecule has 4 rings (SSSR count). The highest BCUT2D eigenvalue weighted by Gasteiger charge is 2.23. The third-order valence-electron chi connectivity index (χ3n) is 6.85. The Kier molecular flexibility index (Phi) is 10.6. The van der Waals surface area contributed by atoms with Gasteiger partial charge in [0.1, 0.15) is 12.4 Å². The number of urea groups is 1. The first-order valence-electron chi connectivity index (χ1n) is 13.4. The van der Waals surface area contributed by atoms with Crippen LogP contribution in [0, 0.1) is 5.82 Å². The molecule has 1 heterocycles. The summed E-state index contributed by atoms with van der Waals surface area (Å²) in [6.07, 6.45) is 2.55. The van der Waals surface area contributed by atoms with Crippen LogP contribution in [0.5, 0.6) is 11.5 Å². The highest BCUT2D eigenvalue weighted by molar-refractivity contribution is 6.31. The van der Waals surface area contributed by atoms with E-state index in [4.69, 9.17) is 25.8 Å². The highest BCUT2D eigenvalue weighted by atomic mass is 35.5. The Bertz CT molecular complexity index is 1530. The summed E-state index contributed by atoms with van der Waals surface area (Å²) in [5.74, 6) is 0.286. The van der Waals surface area contributed by atoms with E-state index in [0.717, 1.165) is 28.1 Å². The Morgan fingerprint density at radius 1 is 0.952 bits per heavy atom. The maximum absolute atomic E-state index is 13.8. The first-order chi connectivity index (χ1) is 20.3. The monoisotopic (exact) mass is 596 g/mol. The van der Waals surface area contributed by atoms with Crippen molar-refractivity contribution >= 4 is 40.1 Å². The molecule has 0 saturated heterocycles. The summed E-state index contributed by atoms with van der Waals surface area (Å²) in [6, 6.07) is 16.8. The van der Waals surface area contributed by atoms with Crippen molar-refractivity contribution in [3.05, 3.63) is 88.8 Å². The maximum atomic E-state index is 13.8. The van der Waals surface area contributed by atoms with Crippen molar-refractivity contribution in [2.24, 2.45) is 0 Å². The van der Waals surface area contributed by atoms with Gasteiger partial charge in [-0.2, -0.15) is 0 Å². The number of hydrogen-bond acceptors (Lipinski definition) is 5. The number of carbonyl (C=O) groups excluding carboxylic acids is 2. The third-order valence-corrected chi connectivity index (χ3v) is 7.14. The topological polar surface area (TPSA) is 96.1 Å². The van der Waals surface area contributed by atoms with Crippen molar-refractivity contribution in [1.29, 1.82) is 0 Å². The molecule has 1 aromatic heterocycles. The number of hydrogen-bond donors (Lipinski definition) is 2. The number of aromatic nitrogens is 1. The van der Waals surface area contributed by atoms with Gasteiger partial charge in [0.05, 0.1) is 25.8 Å². The molecule has 9 nitrogen and oxygen atoms in total. The van der Waals surface area contributed by atoms with Gasteiger partial charge < -0.3 is 34.3 Å². The fourth-order valence-electron chi connectivity index (χ4n) is 4.58. The second kappa shape index (κ2) is 14.6. The van der Waals surface area contributed by atoms with E-state index in [-0.39, 0.29) is 37.2 Å². The number of nitrogens with zero attached hydrogens (tertiary/aromatic N) is 2. The van der Waals surface area contributed by atoms with Gasteiger partial charge in [-0.05, 0) is 53.9 Å². The highest BCUT2D eigenvalue weighted by Crippen LogP contribution is 2.28. The van der Waals surface area contributed by atoms with Crippen molar-refractivity contribution in [1.82, 2.24) is 14.8 Å². The second-order valence-corrected chi connectivity index (χ2v) is 9.99. The van der Waals surface area contributed by atoms with Crippen molar-refractivity contribution in [3.8, 4) is 11.5 Å². The number of ether oxygens (including phenoxy) is 3. The summed E-state index contributed by atoms with van der Waals surface area (Å²) in [4.78, 5) is 33.3. The minimum absolute atomic E-state index is 0.120. The summed E-state index contributed by atoms with van der Waals surface area (Å²) in [5, 5.41) is 3.66. The Morgan fingerprint density at radius 2 is 1.74 bits per heavy atom. The van der Waals surface area contributed by atoms with Gasteiger partial charge >= 0.3 is 6.03 Å². The minimum Gasteiger partial charge on any atom is -0.493 e. The molecule has 0 spiro atoms. The average molecular weight is 597 g/mol. The first kappa shape index (κ1) is 30.7. The van der Waals surface area contributed by atoms with Gasteiger partial charge in [0, 0.05) is 49.5 Å². The molecule has 0 fully saturated rings. The molecule has 0 aliphatic rings. The van der Waals surface area contributed by atoms with Crippen LogP contribution in [0.3, 0.4) is 0 Å². The number of carbonyl (C=O) groups is 2. The van der Waals surface area contributed by atoms with Gasteiger partial charge in [-0.25, -0.2) is 9.18 Å². The standard InChI is InChI=1S/C31H34ClFN4O5/c1-40-15-14-37(31(39)35-23-9-10-26(33)25(32)17-23)20-30(38)36(19-21-8-11-28(41-2)29(16-21)42-3)13-12-22-18-34-27-7-5-4-6-24(22)27/h4-11,16-18,34H,12-15,19-20H2,1-3H3,(H,35,39). The number of amides is 3. The summed E-state index contributed by atoms with van der Waals surface area (Å²) in [5.41, 5.74) is 3.25. The normalized spacial score (nSPS) is 10.9. The molecule has 11 heteroatoms. The summed E-state index contributed by atoms with van der Waals surface area (Å²) < 4.78 is 29.6. The number of nitrogens with one attached hydrogen (secondary N) is 2. The molecule has 0 bridgehead atoms. The van der Waals surface area contributed by atoms with Crippen molar-refractivity contribution in [3.63, 3.8) is 0 Å². The van der Waals surface area contributed by atoms with Gasteiger partial charge in [0.2, 0.25) is 5.91 Å². The SMILES string of the molecule is COCCN(CC(=O)N(CCc1c[nH]c2ccccc12)Cc1ccc(OC)c(OC)c1)C(=O)Nc1ccc(F)c(Cl)c1. The van der Waals surface area contributed by atoms with Crippen LogP contribution in [0.15, 0.2) is 66.9 Å². The van der Waals surface area contributed by atoms with Crippen LogP contribution in [-0.2, 0) is 22.5 Å². The molecule has 2 N–H and O–H groups in total. The molecule has 0 saturated carbocycles. The van der Waals surface area contributed by atoms with Gasteiger partial charge in [0.15, 0.2) is 11.5 Å². The molecule has 0 atom stereocenters. The largest absolute Gasteiger partial charge is 0.493 e. The van der Waals surface area contributed by atoms with Gasteiger partial charge in [-0.1, -0.05) is 35.9 Å². The van der Waals surface area contributed by atoms with Gasteiger partial charge in [-0.3, -0.25) is 4.79 Å². The fourth-order valence-corrected chi connectivity index (χ4v) is 4.76. The van der Waals surface area contributed by atoms with Crippen molar-refractivity contribution in [2.75, 3.05) is 52.9 Å². The lowest BCUT2D eigenvalue weighted by Gasteiger charge is -2.28. The Hall–Kier alpha value is -4.28. The zero-order valence-corrected chi connectivity index (χ0v) is 24.5. The number of benzene rings is 3. The Labute approximate surface area is 249 Å². The van der Waals surface area contributed by atoms with Crippen molar-refractivity contribution < 1.29 is 28.2 Å². The fraction of sp³-hybridized carbons (Fsp3) is 0.290. The third kappa shape index (κ3) is 7.71. The second-order valence-electron chi connectivity index (χ2n) is 9.59. The van der Waals surface area contributed by atoms with Crippen LogP contribution >= 0.6 is 11.6 Å². The van der Waals surface area contributed by atoms with Crippen LogP contribution in [-0.4, -0.2) is 74.3 Å². The van der Waals surface area contributed by atoms with E-state index in [1.54, 1.807) is 25.2 Å². The zero-order chi connectivity index (χ0) is 30.1. The lowest BCUT2D eigenvalue weighted by molar-refractivity contribution is -0.132. The molecular formula is C31H34ClFN4O5. The van der Waals surface area contributed by atoms with E-state index in [0.29, 0.717) is 30.2 Å². The Balaban J connectivity index is 1.55. The average Bonchev–Trinajstić information content (AvgIpc) is 3.41. The molecule has 0 aliphatic heterocycles. The summed E-state index contributed by atoms with van der Waals surface area (Å²) in [7, 11) is 4.64. The van der Waals surface area contributed by atoms with Crippen LogP contribution in [0.25, 0.3) is 10.9 Å². The molecule has 0 unspecified atom stereocenters. The number of methoxy groups -OCH3 is 3. The smallest absolute Gasteiger partial charge is 0.322 e. The molecule has 4 aromatic rings. The van der Waals surface area contributed by atoms with Crippen LogP contribution in [0.4, 0.5) is 14.9 Å². The maximum Gasteiger partial charge on any atom is 0.322 e. The summed E-state index contributed by atoms with van der Waals surface area (Å²) >= 11 is 5.88. The molecule has 42 heavy (non-hydrogen) atoms. The number of para-hydroxylation sites is 1. The lowest BCUT2D eigenvalue weighted by atomic mass is 10.1. The summed E-state index contributed by atoms with van der Waals surface area (Å²) in [6.45, 7) is 0.869. The molecule has 3 aromatic carbocycles. The Morgan fingerprint density at radius 3 is 2.48 bits per heavy atom. The molecule has 3 amide bonds. The number of aromatic amines is 1. The van der Waals surface area contributed by atoms with Crippen LogP contribution < -0.4 is 14.8 Å². The first-order valence-corrected chi connectivity index (χ1v) is 13.7. The zero-order valence-electron chi connectivity index (χ0n) is 23.8. The van der Waals surface area contributed by atoms with Crippen molar-refractivity contribution in [2.45, 2.75) is 13.0 Å². The van der Waals surface area contributed by atoms with E-state index in [1.807, 2.05) is 42.6 Å². The number of anilines is 1. The predicted molar refractivity (Wildman–Crippen MR) is 161 cm³/mol. The van der Waals surface area contributed by atoms with Crippen LogP contribution in [0.1, 0.15) is 11.1 Å². The molecule has 0 aliphatic carbocycles. The number of halogens is 2. The van der Waals surface area contributed by atoms with Crippen LogP contribution in [0.2, 0.25) is 5.02 Å². The predicted octanol–water partition coefficient (Wildman–Crippen LogP) is 5.73. The van der Waals surface area contributed by atoms with Gasteiger partial charge in [-0.15, -0.1) is 0 Å².